The second kappa shape index (κ2) is 6.81. The highest BCUT2D eigenvalue weighted by Gasteiger charge is 2.24. The van der Waals surface area contributed by atoms with Crippen LogP contribution < -0.4 is 25.3 Å². The van der Waals surface area contributed by atoms with E-state index in [1.807, 2.05) is 12.1 Å². The monoisotopic (exact) mass is 280 g/mol. The Morgan fingerprint density at radius 3 is 2.05 bits per heavy atom. The molecule has 0 saturated carbocycles. The maximum Gasteiger partial charge on any atom is 0.203 e. The number of methoxy groups -OCH3 is 3. The molecule has 1 aromatic carbocycles. The van der Waals surface area contributed by atoms with Crippen LogP contribution in [0.5, 0.6) is 17.2 Å². The van der Waals surface area contributed by atoms with Gasteiger partial charge in [-0.2, -0.15) is 0 Å². The minimum atomic E-state index is -0.00851. The Labute approximate surface area is 120 Å². The Bertz CT molecular complexity index is 420. The molecule has 5 nitrogen and oxygen atoms in total. The minimum absolute atomic E-state index is 0.00851. The first-order valence-corrected chi connectivity index (χ1v) is 6.97. The Morgan fingerprint density at radius 2 is 1.60 bits per heavy atom. The van der Waals surface area contributed by atoms with Crippen LogP contribution in [0.25, 0.3) is 0 Å². The predicted octanol–water partition coefficient (Wildman–Crippen LogP) is 1.71. The molecule has 112 valence electrons. The van der Waals surface area contributed by atoms with Gasteiger partial charge in [0, 0.05) is 6.04 Å². The number of ether oxygens (including phenoxy) is 3. The van der Waals surface area contributed by atoms with Crippen molar-refractivity contribution in [3.63, 3.8) is 0 Å². The summed E-state index contributed by atoms with van der Waals surface area (Å²) in [4.78, 5) is 0. The topological polar surface area (TPSA) is 65.7 Å². The van der Waals surface area contributed by atoms with Crippen molar-refractivity contribution < 1.29 is 14.2 Å². The third-order valence-corrected chi connectivity index (χ3v) is 3.96. The van der Waals surface area contributed by atoms with Crippen LogP contribution in [0.4, 0.5) is 0 Å². The lowest BCUT2D eigenvalue weighted by Gasteiger charge is -2.29. The lowest BCUT2D eigenvalue weighted by Crippen LogP contribution is -2.33. The van der Waals surface area contributed by atoms with Crippen LogP contribution in [-0.2, 0) is 0 Å². The summed E-state index contributed by atoms with van der Waals surface area (Å²) in [5, 5.41) is 3.36. The molecule has 1 aromatic rings. The van der Waals surface area contributed by atoms with E-state index in [1.54, 1.807) is 21.3 Å². The number of hydrogen-bond acceptors (Lipinski definition) is 5. The first-order valence-electron chi connectivity index (χ1n) is 6.97. The molecule has 3 N–H and O–H groups in total. The lowest BCUT2D eigenvalue weighted by atomic mass is 9.86. The van der Waals surface area contributed by atoms with E-state index in [0.717, 1.165) is 31.5 Å². The third kappa shape index (κ3) is 2.99. The standard InChI is InChI=1S/C15H24N2O3/c1-18-12-8-11(9-13(19-2)15(12)20-3)14(16)10-4-6-17-7-5-10/h8-10,14,17H,4-7,16H2,1-3H3/t14-/m1/s1. The van der Waals surface area contributed by atoms with Crippen molar-refractivity contribution in [1.82, 2.24) is 5.32 Å². The molecule has 0 aromatic heterocycles. The number of nitrogens with two attached hydrogens (primary N) is 1. The highest BCUT2D eigenvalue weighted by molar-refractivity contribution is 5.54. The maximum absolute atomic E-state index is 6.43. The zero-order chi connectivity index (χ0) is 14.5. The molecular weight excluding hydrogens is 256 g/mol. The fourth-order valence-electron chi connectivity index (χ4n) is 2.77. The largest absolute Gasteiger partial charge is 0.493 e. The van der Waals surface area contributed by atoms with Crippen molar-refractivity contribution in [2.75, 3.05) is 34.4 Å². The number of hydrogen-bond donors (Lipinski definition) is 2. The van der Waals surface area contributed by atoms with Gasteiger partial charge in [-0.1, -0.05) is 0 Å². The summed E-state index contributed by atoms with van der Waals surface area (Å²) in [6, 6.07) is 3.90. The molecule has 0 radical (unpaired) electrons. The van der Waals surface area contributed by atoms with E-state index in [4.69, 9.17) is 19.9 Å². The number of piperidine rings is 1. The number of nitrogens with one attached hydrogen (secondary N) is 1. The fraction of sp³-hybridized carbons (Fsp3) is 0.600. The number of rotatable bonds is 5. The zero-order valence-corrected chi connectivity index (χ0v) is 12.4. The Balaban J connectivity index is 2.30. The van der Waals surface area contributed by atoms with Gasteiger partial charge in [0.1, 0.15) is 0 Å². The lowest BCUT2D eigenvalue weighted by molar-refractivity contribution is 0.311. The molecule has 0 aliphatic carbocycles. The highest BCUT2D eigenvalue weighted by atomic mass is 16.5. The Kier molecular flexibility index (Phi) is 5.09. The van der Waals surface area contributed by atoms with Gasteiger partial charge in [-0.3, -0.25) is 0 Å². The third-order valence-electron chi connectivity index (χ3n) is 3.96. The molecule has 1 aliphatic heterocycles. The van der Waals surface area contributed by atoms with Gasteiger partial charge < -0.3 is 25.3 Å². The van der Waals surface area contributed by atoms with Gasteiger partial charge in [-0.25, -0.2) is 0 Å². The van der Waals surface area contributed by atoms with Crippen LogP contribution in [0.2, 0.25) is 0 Å². The fourth-order valence-corrected chi connectivity index (χ4v) is 2.77. The smallest absolute Gasteiger partial charge is 0.203 e. The SMILES string of the molecule is COc1cc([C@H](N)C2CCNCC2)cc(OC)c1OC. The average molecular weight is 280 g/mol. The normalized spacial score (nSPS) is 17.6. The van der Waals surface area contributed by atoms with E-state index >= 15 is 0 Å². The van der Waals surface area contributed by atoms with Gasteiger partial charge in [0.2, 0.25) is 5.75 Å². The molecule has 20 heavy (non-hydrogen) atoms. The first-order chi connectivity index (χ1) is 9.71. The van der Waals surface area contributed by atoms with E-state index in [-0.39, 0.29) is 6.04 Å². The molecular formula is C15H24N2O3. The van der Waals surface area contributed by atoms with Crippen LogP contribution >= 0.6 is 0 Å². The van der Waals surface area contributed by atoms with E-state index in [9.17, 15) is 0 Å². The molecule has 2 rings (SSSR count). The summed E-state index contributed by atoms with van der Waals surface area (Å²) in [5.41, 5.74) is 7.46. The van der Waals surface area contributed by atoms with Crippen molar-refractivity contribution in [1.29, 1.82) is 0 Å². The van der Waals surface area contributed by atoms with Crippen LogP contribution in [0, 0.1) is 5.92 Å². The van der Waals surface area contributed by atoms with Gasteiger partial charge in [-0.15, -0.1) is 0 Å². The quantitative estimate of drug-likeness (QED) is 0.859. The summed E-state index contributed by atoms with van der Waals surface area (Å²) >= 11 is 0. The maximum atomic E-state index is 6.43. The van der Waals surface area contributed by atoms with E-state index in [1.165, 1.54) is 0 Å². The molecule has 5 heteroatoms. The Morgan fingerprint density at radius 1 is 1.05 bits per heavy atom. The average Bonchev–Trinajstić information content (AvgIpc) is 2.53. The summed E-state index contributed by atoms with van der Waals surface area (Å²) in [6.07, 6.45) is 2.19. The van der Waals surface area contributed by atoms with Crippen molar-refractivity contribution in [2.45, 2.75) is 18.9 Å². The molecule has 1 atom stereocenters. The Hall–Kier alpha value is -1.46. The summed E-state index contributed by atoms with van der Waals surface area (Å²) in [7, 11) is 4.85. The zero-order valence-electron chi connectivity index (χ0n) is 12.4. The highest BCUT2D eigenvalue weighted by Crippen LogP contribution is 2.41. The molecule has 0 unspecified atom stereocenters. The predicted molar refractivity (Wildman–Crippen MR) is 78.6 cm³/mol. The van der Waals surface area contributed by atoms with E-state index in [2.05, 4.69) is 5.32 Å². The van der Waals surface area contributed by atoms with Crippen molar-refractivity contribution in [3.8, 4) is 17.2 Å². The molecule has 1 saturated heterocycles. The van der Waals surface area contributed by atoms with Gasteiger partial charge in [0.25, 0.3) is 0 Å². The number of benzene rings is 1. The first kappa shape index (κ1) is 14.9. The summed E-state index contributed by atoms with van der Waals surface area (Å²) in [6.45, 7) is 2.06. The van der Waals surface area contributed by atoms with Crippen molar-refractivity contribution in [3.05, 3.63) is 17.7 Å². The summed E-state index contributed by atoms with van der Waals surface area (Å²) in [5.74, 6) is 2.41. The van der Waals surface area contributed by atoms with Gasteiger partial charge in [0.15, 0.2) is 11.5 Å². The minimum Gasteiger partial charge on any atom is -0.493 e. The molecule has 1 heterocycles. The second-order valence-corrected chi connectivity index (χ2v) is 5.07. The van der Waals surface area contributed by atoms with E-state index in [0.29, 0.717) is 23.2 Å². The van der Waals surface area contributed by atoms with Crippen LogP contribution in [0.15, 0.2) is 12.1 Å². The molecule has 1 fully saturated rings. The molecule has 0 amide bonds. The molecule has 1 aliphatic rings. The second-order valence-electron chi connectivity index (χ2n) is 5.07. The van der Waals surface area contributed by atoms with Gasteiger partial charge in [-0.05, 0) is 49.5 Å². The van der Waals surface area contributed by atoms with Gasteiger partial charge >= 0.3 is 0 Å². The molecule has 0 bridgehead atoms. The van der Waals surface area contributed by atoms with Crippen molar-refractivity contribution >= 4 is 0 Å². The summed E-state index contributed by atoms with van der Waals surface area (Å²) < 4.78 is 16.1. The van der Waals surface area contributed by atoms with Crippen LogP contribution in [0.1, 0.15) is 24.4 Å². The van der Waals surface area contributed by atoms with Gasteiger partial charge in [0.05, 0.1) is 21.3 Å². The molecule has 0 spiro atoms. The van der Waals surface area contributed by atoms with Crippen molar-refractivity contribution in [2.24, 2.45) is 11.7 Å². The van der Waals surface area contributed by atoms with Crippen LogP contribution in [-0.4, -0.2) is 34.4 Å². The van der Waals surface area contributed by atoms with E-state index < -0.39 is 0 Å². The van der Waals surface area contributed by atoms with Crippen LogP contribution in [0.3, 0.4) is 0 Å².